The van der Waals surface area contributed by atoms with Gasteiger partial charge in [0.05, 0.1) is 0 Å². The molecule has 0 spiro atoms. The smallest absolute Gasteiger partial charge is 0.423 e. The summed E-state index contributed by atoms with van der Waals surface area (Å²) < 4.78 is 0. The van der Waals surface area contributed by atoms with Crippen molar-refractivity contribution in [3.63, 3.8) is 0 Å². The van der Waals surface area contributed by atoms with Crippen LogP contribution in [0, 0.1) is 0 Å². The molecule has 92 valence electrons. The van der Waals surface area contributed by atoms with Gasteiger partial charge in [-0.05, 0) is 24.0 Å². The topological polar surface area (TPSA) is 81.6 Å². The number of unbranched alkanes of at least 4 members (excludes halogenated alkanes) is 1. The molecular weight excluding hydrogens is 219 g/mol. The van der Waals surface area contributed by atoms with Crippen molar-refractivity contribution in [1.82, 2.24) is 5.32 Å². The fraction of sp³-hybridized carbons (Fsp3) is 0.364. The molecule has 0 aliphatic carbocycles. The number of rotatable bonds is 5. The summed E-state index contributed by atoms with van der Waals surface area (Å²) in [5, 5.41) is 23.3. The van der Waals surface area contributed by atoms with Gasteiger partial charge in [0.2, 0.25) is 0 Å². The summed E-state index contributed by atoms with van der Waals surface area (Å²) >= 11 is 0. The van der Waals surface area contributed by atoms with Crippen molar-refractivity contribution < 1.29 is 14.8 Å². The van der Waals surface area contributed by atoms with Gasteiger partial charge in [-0.15, -0.1) is 0 Å². The van der Waals surface area contributed by atoms with Crippen LogP contribution in [0.1, 0.15) is 19.8 Å². The van der Waals surface area contributed by atoms with Crippen LogP contribution in [0.4, 0.5) is 10.5 Å². The lowest BCUT2D eigenvalue weighted by Gasteiger charge is -2.08. The van der Waals surface area contributed by atoms with E-state index < -0.39 is 7.12 Å². The average Bonchev–Trinajstić information content (AvgIpc) is 2.29. The molecule has 0 heterocycles. The largest absolute Gasteiger partial charge is 0.488 e. The number of urea groups is 1. The number of amides is 2. The second-order valence-corrected chi connectivity index (χ2v) is 3.73. The lowest BCUT2D eigenvalue weighted by molar-refractivity contribution is 0.252. The molecular formula is C11H17BN2O3. The molecule has 4 N–H and O–H groups in total. The molecule has 0 atom stereocenters. The number of nitrogens with one attached hydrogen (secondary N) is 2. The highest BCUT2D eigenvalue weighted by atomic mass is 16.4. The number of carbonyl (C=O) groups excluding carboxylic acids is 1. The van der Waals surface area contributed by atoms with E-state index in [4.69, 9.17) is 10.0 Å². The molecule has 0 aliphatic rings. The molecule has 2 amide bonds. The molecule has 0 aromatic heterocycles. The second-order valence-electron chi connectivity index (χ2n) is 3.73. The summed E-state index contributed by atoms with van der Waals surface area (Å²) in [4.78, 5) is 11.4. The van der Waals surface area contributed by atoms with Gasteiger partial charge >= 0.3 is 13.1 Å². The predicted octanol–water partition coefficient (Wildman–Crippen LogP) is 0.288. The Morgan fingerprint density at radius 1 is 1.41 bits per heavy atom. The van der Waals surface area contributed by atoms with Gasteiger partial charge in [-0.3, -0.25) is 0 Å². The summed E-state index contributed by atoms with van der Waals surface area (Å²) in [7, 11) is -1.53. The standard InChI is InChI=1S/C11H17BN2O3/c1-2-3-7-13-11(15)14-10-6-4-5-9(8-10)12(16)17/h4-6,8,16-17H,2-3,7H2,1H3,(H2,13,14,15). The third kappa shape index (κ3) is 4.88. The minimum absolute atomic E-state index is 0.289. The van der Waals surface area contributed by atoms with E-state index in [1.807, 2.05) is 6.92 Å². The quantitative estimate of drug-likeness (QED) is 0.438. The van der Waals surface area contributed by atoms with Crippen molar-refractivity contribution in [2.45, 2.75) is 19.8 Å². The molecule has 5 nitrogen and oxygen atoms in total. The van der Waals surface area contributed by atoms with Crippen LogP contribution in [0.5, 0.6) is 0 Å². The Labute approximate surface area is 101 Å². The number of carbonyl (C=O) groups is 1. The molecule has 0 unspecified atom stereocenters. The highest BCUT2D eigenvalue weighted by Gasteiger charge is 2.11. The van der Waals surface area contributed by atoms with Crippen LogP contribution < -0.4 is 16.1 Å². The van der Waals surface area contributed by atoms with Crippen LogP contribution in [-0.2, 0) is 0 Å². The van der Waals surface area contributed by atoms with Gasteiger partial charge in [0, 0.05) is 12.2 Å². The first kappa shape index (κ1) is 13.5. The van der Waals surface area contributed by atoms with Crippen molar-refractivity contribution in [1.29, 1.82) is 0 Å². The second kappa shape index (κ2) is 6.93. The van der Waals surface area contributed by atoms with E-state index in [2.05, 4.69) is 10.6 Å². The first-order valence-electron chi connectivity index (χ1n) is 5.64. The molecule has 17 heavy (non-hydrogen) atoms. The van der Waals surface area contributed by atoms with Crippen LogP contribution in [-0.4, -0.2) is 29.7 Å². The number of hydrogen-bond donors (Lipinski definition) is 4. The molecule has 1 aromatic carbocycles. The maximum absolute atomic E-state index is 11.4. The molecule has 1 aromatic rings. The summed E-state index contributed by atoms with van der Waals surface area (Å²) in [5.41, 5.74) is 0.876. The Kier molecular flexibility index (Phi) is 5.52. The molecule has 0 fully saturated rings. The van der Waals surface area contributed by atoms with Crippen LogP contribution in [0.2, 0.25) is 0 Å². The Hall–Kier alpha value is -1.53. The minimum atomic E-state index is -1.53. The number of anilines is 1. The monoisotopic (exact) mass is 236 g/mol. The lowest BCUT2D eigenvalue weighted by Crippen LogP contribution is -2.32. The Morgan fingerprint density at radius 3 is 2.82 bits per heavy atom. The van der Waals surface area contributed by atoms with Crippen molar-refractivity contribution in [2.75, 3.05) is 11.9 Å². The molecule has 0 radical (unpaired) electrons. The van der Waals surface area contributed by atoms with E-state index in [1.54, 1.807) is 18.2 Å². The van der Waals surface area contributed by atoms with Gasteiger partial charge < -0.3 is 20.7 Å². The number of hydrogen-bond acceptors (Lipinski definition) is 3. The zero-order chi connectivity index (χ0) is 12.7. The summed E-state index contributed by atoms with van der Waals surface area (Å²) in [6, 6.07) is 6.14. The predicted molar refractivity (Wildman–Crippen MR) is 68.2 cm³/mol. The van der Waals surface area contributed by atoms with Crippen LogP contribution >= 0.6 is 0 Å². The fourth-order valence-corrected chi connectivity index (χ4v) is 1.33. The molecule has 0 saturated carbocycles. The van der Waals surface area contributed by atoms with E-state index in [0.717, 1.165) is 12.8 Å². The van der Waals surface area contributed by atoms with E-state index in [-0.39, 0.29) is 6.03 Å². The molecule has 0 saturated heterocycles. The highest BCUT2D eigenvalue weighted by molar-refractivity contribution is 6.58. The third-order valence-electron chi connectivity index (χ3n) is 2.26. The van der Waals surface area contributed by atoms with E-state index in [1.165, 1.54) is 6.07 Å². The fourth-order valence-electron chi connectivity index (χ4n) is 1.33. The van der Waals surface area contributed by atoms with Crippen LogP contribution in [0.3, 0.4) is 0 Å². The molecule has 1 rings (SSSR count). The molecule has 0 bridgehead atoms. The average molecular weight is 236 g/mol. The van der Waals surface area contributed by atoms with Crippen LogP contribution in [0.15, 0.2) is 24.3 Å². The maximum atomic E-state index is 11.4. The summed E-state index contributed by atoms with van der Waals surface area (Å²) in [5.74, 6) is 0. The first-order valence-corrected chi connectivity index (χ1v) is 5.64. The molecule has 0 aliphatic heterocycles. The Bertz CT molecular complexity index is 371. The SMILES string of the molecule is CCCCNC(=O)Nc1cccc(B(O)O)c1. The van der Waals surface area contributed by atoms with Crippen molar-refractivity contribution in [3.8, 4) is 0 Å². The van der Waals surface area contributed by atoms with Gasteiger partial charge in [0.25, 0.3) is 0 Å². The van der Waals surface area contributed by atoms with Crippen molar-refractivity contribution >= 4 is 24.3 Å². The summed E-state index contributed by atoms with van der Waals surface area (Å²) in [6.45, 7) is 2.68. The lowest BCUT2D eigenvalue weighted by atomic mass is 9.80. The van der Waals surface area contributed by atoms with E-state index in [9.17, 15) is 4.79 Å². The van der Waals surface area contributed by atoms with Crippen LogP contribution in [0.25, 0.3) is 0 Å². The van der Waals surface area contributed by atoms with Gasteiger partial charge in [-0.2, -0.15) is 0 Å². The highest BCUT2D eigenvalue weighted by Crippen LogP contribution is 2.03. The zero-order valence-corrected chi connectivity index (χ0v) is 9.81. The minimum Gasteiger partial charge on any atom is -0.423 e. The Morgan fingerprint density at radius 2 is 2.18 bits per heavy atom. The van der Waals surface area contributed by atoms with E-state index >= 15 is 0 Å². The Balaban J connectivity index is 2.50. The normalized spacial score (nSPS) is 9.82. The van der Waals surface area contributed by atoms with Crippen molar-refractivity contribution in [3.05, 3.63) is 24.3 Å². The molecule has 6 heteroatoms. The first-order chi connectivity index (χ1) is 8.13. The van der Waals surface area contributed by atoms with Gasteiger partial charge in [-0.1, -0.05) is 25.5 Å². The van der Waals surface area contributed by atoms with Gasteiger partial charge in [0.15, 0.2) is 0 Å². The number of benzene rings is 1. The van der Waals surface area contributed by atoms with Gasteiger partial charge in [-0.25, -0.2) is 4.79 Å². The third-order valence-corrected chi connectivity index (χ3v) is 2.26. The zero-order valence-electron chi connectivity index (χ0n) is 9.81. The maximum Gasteiger partial charge on any atom is 0.488 e. The van der Waals surface area contributed by atoms with E-state index in [0.29, 0.717) is 17.7 Å². The summed E-state index contributed by atoms with van der Waals surface area (Å²) in [6.07, 6.45) is 1.95. The van der Waals surface area contributed by atoms with Crippen molar-refractivity contribution in [2.24, 2.45) is 0 Å². The van der Waals surface area contributed by atoms with Gasteiger partial charge in [0.1, 0.15) is 0 Å².